The topological polar surface area (TPSA) is 29.3 Å². The van der Waals surface area contributed by atoms with Crippen molar-refractivity contribution >= 4 is 18.1 Å². The van der Waals surface area contributed by atoms with Crippen molar-refractivity contribution in [2.45, 2.75) is 32.7 Å². The molecule has 94 valence electrons. The monoisotopic (exact) mass is 253 g/mol. The number of pyridine rings is 1. The second kappa shape index (κ2) is 7.30. The molecule has 0 aliphatic carbocycles. The summed E-state index contributed by atoms with van der Waals surface area (Å²) in [4.78, 5) is 4.36. The third-order valence-corrected chi connectivity index (χ3v) is 2.76. The maximum Gasteiger partial charge on any atom is 0.136 e. The second-order valence-electron chi connectivity index (χ2n) is 4.06. The van der Waals surface area contributed by atoms with Gasteiger partial charge in [0.1, 0.15) is 5.65 Å². The highest BCUT2D eigenvalue weighted by atomic mass is 35.5. The number of aromatic nitrogens is 2. The molecule has 17 heavy (non-hydrogen) atoms. The quantitative estimate of drug-likeness (QED) is 0.802. The van der Waals surface area contributed by atoms with Crippen LogP contribution in [0, 0.1) is 0 Å². The Balaban J connectivity index is 0.00000144. The first-order valence-corrected chi connectivity index (χ1v) is 6.03. The molecule has 0 amide bonds. The third kappa shape index (κ3) is 3.72. The van der Waals surface area contributed by atoms with Crippen LogP contribution in [0.15, 0.2) is 30.6 Å². The lowest BCUT2D eigenvalue weighted by atomic mass is 10.2. The van der Waals surface area contributed by atoms with Gasteiger partial charge in [-0.2, -0.15) is 0 Å². The van der Waals surface area contributed by atoms with E-state index in [1.807, 2.05) is 24.4 Å². The Morgan fingerprint density at radius 3 is 3.00 bits per heavy atom. The van der Waals surface area contributed by atoms with E-state index in [9.17, 15) is 0 Å². The summed E-state index contributed by atoms with van der Waals surface area (Å²) in [6.07, 6.45) is 7.85. The first kappa shape index (κ1) is 14.0. The summed E-state index contributed by atoms with van der Waals surface area (Å²) < 4.78 is 2.13. The number of unbranched alkanes of at least 4 members (excludes halogenated alkanes) is 2. The molecule has 0 bridgehead atoms. The Morgan fingerprint density at radius 2 is 2.18 bits per heavy atom. The number of hydrogen-bond donors (Lipinski definition) is 1. The van der Waals surface area contributed by atoms with Crippen LogP contribution in [0.2, 0.25) is 0 Å². The molecule has 0 saturated heterocycles. The van der Waals surface area contributed by atoms with Crippen molar-refractivity contribution in [1.29, 1.82) is 0 Å². The predicted molar refractivity (Wildman–Crippen MR) is 73.7 cm³/mol. The lowest BCUT2D eigenvalue weighted by molar-refractivity contribution is 0.609. The van der Waals surface area contributed by atoms with Crippen LogP contribution in [0.25, 0.3) is 5.65 Å². The zero-order valence-corrected chi connectivity index (χ0v) is 11.0. The lowest BCUT2D eigenvalue weighted by Crippen LogP contribution is -2.15. The van der Waals surface area contributed by atoms with Crippen LogP contribution < -0.4 is 5.32 Å². The van der Waals surface area contributed by atoms with E-state index in [4.69, 9.17) is 0 Å². The minimum atomic E-state index is 0. The maximum atomic E-state index is 4.36. The highest BCUT2D eigenvalue weighted by molar-refractivity contribution is 5.85. The molecule has 2 rings (SSSR count). The second-order valence-corrected chi connectivity index (χ2v) is 4.06. The Labute approximate surface area is 109 Å². The van der Waals surface area contributed by atoms with Gasteiger partial charge in [-0.05, 0) is 25.1 Å². The largest absolute Gasteiger partial charge is 0.311 e. The minimum absolute atomic E-state index is 0. The molecule has 0 atom stereocenters. The van der Waals surface area contributed by atoms with Gasteiger partial charge in [-0.1, -0.05) is 25.8 Å². The molecule has 3 nitrogen and oxygen atoms in total. The molecule has 1 N–H and O–H groups in total. The maximum absolute atomic E-state index is 4.36. The number of rotatable bonds is 6. The summed E-state index contributed by atoms with van der Waals surface area (Å²) in [5.41, 5.74) is 2.25. The van der Waals surface area contributed by atoms with Gasteiger partial charge in [0.2, 0.25) is 0 Å². The molecule has 0 saturated carbocycles. The van der Waals surface area contributed by atoms with Crippen molar-refractivity contribution in [3.05, 3.63) is 36.3 Å². The molecule has 2 heterocycles. The van der Waals surface area contributed by atoms with Crippen LogP contribution in [0.1, 0.15) is 31.9 Å². The average molecular weight is 254 g/mol. The summed E-state index contributed by atoms with van der Waals surface area (Å²) in [5.74, 6) is 0. The molecular formula is C13H20ClN3. The van der Waals surface area contributed by atoms with E-state index in [-0.39, 0.29) is 12.4 Å². The number of fused-ring (bicyclic) bond motifs is 1. The number of nitrogens with zero attached hydrogens (tertiary/aromatic N) is 2. The normalized spacial score (nSPS) is 10.4. The van der Waals surface area contributed by atoms with Gasteiger partial charge < -0.3 is 9.72 Å². The Kier molecular flexibility index (Phi) is 6.01. The number of nitrogens with one attached hydrogen (secondary N) is 1. The number of imidazole rings is 1. The van der Waals surface area contributed by atoms with Crippen LogP contribution in [-0.2, 0) is 6.54 Å². The Bertz CT molecular complexity index is 439. The molecular weight excluding hydrogens is 234 g/mol. The average Bonchev–Trinajstić information content (AvgIpc) is 2.73. The lowest BCUT2D eigenvalue weighted by Gasteiger charge is -2.04. The first-order valence-electron chi connectivity index (χ1n) is 6.03. The highest BCUT2D eigenvalue weighted by Crippen LogP contribution is 2.05. The number of hydrogen-bond acceptors (Lipinski definition) is 2. The Morgan fingerprint density at radius 1 is 1.29 bits per heavy atom. The van der Waals surface area contributed by atoms with Crippen molar-refractivity contribution in [2.24, 2.45) is 0 Å². The van der Waals surface area contributed by atoms with E-state index in [1.54, 1.807) is 0 Å². The smallest absolute Gasteiger partial charge is 0.136 e. The van der Waals surface area contributed by atoms with Gasteiger partial charge >= 0.3 is 0 Å². The fraction of sp³-hybridized carbons (Fsp3) is 0.462. The molecule has 0 spiro atoms. The van der Waals surface area contributed by atoms with Gasteiger partial charge in [-0.25, -0.2) is 4.98 Å². The fourth-order valence-electron chi connectivity index (χ4n) is 1.83. The molecule has 0 aromatic carbocycles. The summed E-state index contributed by atoms with van der Waals surface area (Å²) in [5, 5.41) is 3.45. The summed E-state index contributed by atoms with van der Waals surface area (Å²) in [6.45, 7) is 4.22. The SMILES string of the molecule is CCCCCNCc1cnc2ccccn12.Cl. The molecule has 0 radical (unpaired) electrons. The summed E-state index contributed by atoms with van der Waals surface area (Å²) in [7, 11) is 0. The number of halogens is 1. The van der Waals surface area contributed by atoms with Crippen LogP contribution in [0.4, 0.5) is 0 Å². The van der Waals surface area contributed by atoms with Gasteiger partial charge in [0, 0.05) is 12.7 Å². The highest BCUT2D eigenvalue weighted by Gasteiger charge is 2.00. The van der Waals surface area contributed by atoms with Gasteiger partial charge in [0.05, 0.1) is 11.9 Å². The summed E-state index contributed by atoms with van der Waals surface area (Å²) in [6, 6.07) is 6.08. The van der Waals surface area contributed by atoms with E-state index in [0.29, 0.717) is 0 Å². The first-order chi connectivity index (χ1) is 7.92. The standard InChI is InChI=1S/C13H19N3.ClH/c1-2-3-5-8-14-10-12-11-15-13-7-4-6-9-16(12)13;/h4,6-7,9,11,14H,2-3,5,8,10H2,1H3;1H. The van der Waals surface area contributed by atoms with Gasteiger partial charge in [-0.15, -0.1) is 12.4 Å². The summed E-state index contributed by atoms with van der Waals surface area (Å²) >= 11 is 0. The van der Waals surface area contributed by atoms with E-state index in [1.165, 1.54) is 25.0 Å². The van der Waals surface area contributed by atoms with Crippen molar-refractivity contribution in [1.82, 2.24) is 14.7 Å². The van der Waals surface area contributed by atoms with Crippen molar-refractivity contribution < 1.29 is 0 Å². The van der Waals surface area contributed by atoms with Gasteiger partial charge in [0.25, 0.3) is 0 Å². The molecule has 0 aliphatic heterocycles. The molecule has 0 unspecified atom stereocenters. The van der Waals surface area contributed by atoms with Crippen molar-refractivity contribution in [2.75, 3.05) is 6.54 Å². The van der Waals surface area contributed by atoms with Crippen LogP contribution in [-0.4, -0.2) is 15.9 Å². The van der Waals surface area contributed by atoms with E-state index < -0.39 is 0 Å². The van der Waals surface area contributed by atoms with Crippen LogP contribution >= 0.6 is 12.4 Å². The van der Waals surface area contributed by atoms with Gasteiger partial charge in [0.15, 0.2) is 0 Å². The predicted octanol–water partition coefficient (Wildman–Crippen LogP) is 3.04. The van der Waals surface area contributed by atoms with Crippen molar-refractivity contribution in [3.8, 4) is 0 Å². The Hall–Kier alpha value is -1.06. The molecule has 0 aliphatic rings. The van der Waals surface area contributed by atoms with E-state index in [2.05, 4.69) is 27.8 Å². The zero-order chi connectivity index (χ0) is 11.2. The van der Waals surface area contributed by atoms with Crippen LogP contribution in [0.3, 0.4) is 0 Å². The van der Waals surface area contributed by atoms with E-state index in [0.717, 1.165) is 18.7 Å². The molecule has 2 aromatic heterocycles. The van der Waals surface area contributed by atoms with Crippen molar-refractivity contribution in [3.63, 3.8) is 0 Å². The molecule has 2 aromatic rings. The van der Waals surface area contributed by atoms with E-state index >= 15 is 0 Å². The zero-order valence-electron chi connectivity index (χ0n) is 10.2. The van der Waals surface area contributed by atoms with Gasteiger partial charge in [-0.3, -0.25) is 0 Å². The fourth-order valence-corrected chi connectivity index (χ4v) is 1.83. The molecule has 0 fully saturated rings. The van der Waals surface area contributed by atoms with Crippen LogP contribution in [0.5, 0.6) is 0 Å². The minimum Gasteiger partial charge on any atom is -0.311 e. The third-order valence-electron chi connectivity index (χ3n) is 2.76. The molecule has 4 heteroatoms.